The predicted octanol–water partition coefficient (Wildman–Crippen LogP) is 6.41. The molecule has 0 bridgehead atoms. The maximum Gasteiger partial charge on any atom is 0.144 e. The lowest BCUT2D eigenvalue weighted by atomic mass is 9.96. The maximum atomic E-state index is 5.96. The van der Waals surface area contributed by atoms with Crippen LogP contribution >= 0.6 is 15.9 Å². The van der Waals surface area contributed by atoms with Crippen LogP contribution in [0.15, 0.2) is 107 Å². The van der Waals surface area contributed by atoms with Crippen molar-refractivity contribution in [3.63, 3.8) is 0 Å². The summed E-state index contributed by atoms with van der Waals surface area (Å²) in [4.78, 5) is 4.06. The number of fused-ring (bicyclic) bond motifs is 1. The van der Waals surface area contributed by atoms with Crippen LogP contribution in [0.1, 0.15) is 16.7 Å². The van der Waals surface area contributed by atoms with Gasteiger partial charge in [-0.05, 0) is 45.8 Å². The lowest BCUT2D eigenvalue weighted by Crippen LogP contribution is -2.26. The maximum absolute atomic E-state index is 5.96. The highest BCUT2D eigenvalue weighted by molar-refractivity contribution is 9.10. The molecule has 30 heavy (non-hydrogen) atoms. The number of halogens is 1. The van der Waals surface area contributed by atoms with Crippen LogP contribution in [0, 0.1) is 0 Å². The second-order valence-corrected chi connectivity index (χ2v) is 7.79. The molecule has 0 aliphatic carbocycles. The molecular formula is C25H18BrN3O. The van der Waals surface area contributed by atoms with Crippen molar-refractivity contribution in [1.82, 2.24) is 4.98 Å². The summed E-state index contributed by atoms with van der Waals surface area (Å²) < 4.78 is 6.78. The fourth-order valence-corrected chi connectivity index (χ4v) is 3.81. The summed E-state index contributed by atoms with van der Waals surface area (Å²) in [5.41, 5.74) is 5.55. The third-order valence-corrected chi connectivity index (χ3v) is 5.55. The zero-order chi connectivity index (χ0) is 20.3. The van der Waals surface area contributed by atoms with Crippen molar-refractivity contribution in [3.05, 3.63) is 118 Å². The number of ether oxygens (including phenoxy) is 1. The van der Waals surface area contributed by atoms with Gasteiger partial charge in [-0.15, -0.1) is 0 Å². The SMILES string of the molecule is Brc1cnccc1Oc1ccc(N2Cc3ccccc3C(c3ccccc3)=N2)cc1. The van der Waals surface area contributed by atoms with Gasteiger partial charge in [0, 0.05) is 29.6 Å². The Bertz CT molecular complexity index is 1210. The van der Waals surface area contributed by atoms with Crippen molar-refractivity contribution in [2.24, 2.45) is 5.10 Å². The monoisotopic (exact) mass is 455 g/mol. The fourth-order valence-electron chi connectivity index (χ4n) is 3.48. The van der Waals surface area contributed by atoms with Gasteiger partial charge in [-0.1, -0.05) is 54.6 Å². The number of nitrogens with zero attached hydrogens (tertiary/aromatic N) is 3. The molecule has 1 aliphatic rings. The van der Waals surface area contributed by atoms with Gasteiger partial charge in [0.15, 0.2) is 0 Å². The molecule has 0 fully saturated rings. The van der Waals surface area contributed by atoms with Gasteiger partial charge in [0.2, 0.25) is 0 Å². The largest absolute Gasteiger partial charge is 0.456 e. The molecule has 146 valence electrons. The number of benzene rings is 3. The van der Waals surface area contributed by atoms with E-state index in [2.05, 4.69) is 57.3 Å². The summed E-state index contributed by atoms with van der Waals surface area (Å²) in [6.45, 7) is 0.725. The Labute approximate surface area is 183 Å². The Morgan fingerprint density at radius 1 is 0.833 bits per heavy atom. The van der Waals surface area contributed by atoms with Crippen LogP contribution in [0.3, 0.4) is 0 Å². The highest BCUT2D eigenvalue weighted by atomic mass is 79.9. The van der Waals surface area contributed by atoms with Crippen LogP contribution in [0.2, 0.25) is 0 Å². The number of aromatic nitrogens is 1. The number of hydrogen-bond acceptors (Lipinski definition) is 4. The summed E-state index contributed by atoms with van der Waals surface area (Å²) in [6, 6.07) is 28.6. The molecule has 3 aromatic carbocycles. The third-order valence-electron chi connectivity index (χ3n) is 4.96. The first kappa shape index (κ1) is 18.6. The van der Waals surface area contributed by atoms with Crippen LogP contribution in [0.4, 0.5) is 5.69 Å². The van der Waals surface area contributed by atoms with E-state index in [-0.39, 0.29) is 0 Å². The fraction of sp³-hybridized carbons (Fsp3) is 0.0400. The van der Waals surface area contributed by atoms with Crippen molar-refractivity contribution < 1.29 is 4.74 Å². The van der Waals surface area contributed by atoms with E-state index < -0.39 is 0 Å². The Morgan fingerprint density at radius 2 is 1.60 bits per heavy atom. The van der Waals surface area contributed by atoms with E-state index in [1.807, 2.05) is 53.5 Å². The van der Waals surface area contributed by atoms with Crippen molar-refractivity contribution in [3.8, 4) is 11.5 Å². The number of rotatable bonds is 4. The molecule has 1 aliphatic heterocycles. The van der Waals surface area contributed by atoms with Crippen molar-refractivity contribution >= 4 is 27.3 Å². The topological polar surface area (TPSA) is 37.7 Å². The van der Waals surface area contributed by atoms with E-state index in [1.54, 1.807) is 12.4 Å². The van der Waals surface area contributed by atoms with Gasteiger partial charge in [-0.25, -0.2) is 0 Å². The number of pyridine rings is 1. The normalized spacial score (nSPS) is 12.8. The van der Waals surface area contributed by atoms with E-state index in [9.17, 15) is 0 Å². The summed E-state index contributed by atoms with van der Waals surface area (Å²) in [7, 11) is 0. The lowest BCUT2D eigenvalue weighted by molar-refractivity contribution is 0.479. The van der Waals surface area contributed by atoms with Gasteiger partial charge in [-0.2, -0.15) is 5.10 Å². The standard InChI is InChI=1S/C25H18BrN3O/c26-23-16-27-15-14-24(23)30-21-12-10-20(11-13-21)29-17-19-8-4-5-9-22(19)25(28-29)18-6-2-1-3-7-18/h1-16H,17H2. The second kappa shape index (κ2) is 8.13. The Balaban J connectivity index is 1.46. The zero-order valence-electron chi connectivity index (χ0n) is 16.1. The van der Waals surface area contributed by atoms with E-state index in [0.717, 1.165) is 39.5 Å². The van der Waals surface area contributed by atoms with Crippen LogP contribution in [0.5, 0.6) is 11.5 Å². The molecule has 2 heterocycles. The van der Waals surface area contributed by atoms with Gasteiger partial charge in [0.1, 0.15) is 11.5 Å². The quantitative estimate of drug-likeness (QED) is 0.356. The molecule has 0 radical (unpaired) electrons. The minimum absolute atomic E-state index is 0.725. The highest BCUT2D eigenvalue weighted by Crippen LogP contribution is 2.31. The molecule has 4 aromatic rings. The van der Waals surface area contributed by atoms with Crippen LogP contribution in [0.25, 0.3) is 0 Å². The molecule has 0 unspecified atom stereocenters. The Kier molecular flexibility index (Phi) is 5.03. The van der Waals surface area contributed by atoms with E-state index in [1.165, 1.54) is 11.1 Å². The average molecular weight is 456 g/mol. The molecule has 4 nitrogen and oxygen atoms in total. The van der Waals surface area contributed by atoms with E-state index in [0.29, 0.717) is 0 Å². The van der Waals surface area contributed by atoms with Crippen LogP contribution in [-0.4, -0.2) is 10.7 Å². The first-order chi connectivity index (χ1) is 14.8. The summed E-state index contributed by atoms with van der Waals surface area (Å²) in [6.07, 6.45) is 3.42. The van der Waals surface area contributed by atoms with Gasteiger partial charge in [0.05, 0.1) is 22.4 Å². The third kappa shape index (κ3) is 3.72. The molecule has 0 N–H and O–H groups in total. The Hall–Kier alpha value is -3.44. The number of hydrazone groups is 1. The summed E-state index contributed by atoms with van der Waals surface area (Å²) >= 11 is 3.46. The Morgan fingerprint density at radius 3 is 2.40 bits per heavy atom. The molecule has 0 spiro atoms. The van der Waals surface area contributed by atoms with Gasteiger partial charge < -0.3 is 4.74 Å². The van der Waals surface area contributed by atoms with E-state index >= 15 is 0 Å². The molecule has 0 amide bonds. The summed E-state index contributed by atoms with van der Waals surface area (Å²) in [5.74, 6) is 1.49. The number of hydrogen-bond donors (Lipinski definition) is 0. The molecule has 1 aromatic heterocycles. The minimum atomic E-state index is 0.725. The molecule has 0 saturated carbocycles. The predicted molar refractivity (Wildman–Crippen MR) is 123 cm³/mol. The van der Waals surface area contributed by atoms with Crippen molar-refractivity contribution in [2.45, 2.75) is 6.54 Å². The van der Waals surface area contributed by atoms with Crippen LogP contribution < -0.4 is 9.75 Å². The molecule has 5 heteroatoms. The smallest absolute Gasteiger partial charge is 0.144 e. The zero-order valence-corrected chi connectivity index (χ0v) is 17.7. The molecule has 5 rings (SSSR count). The lowest BCUT2D eigenvalue weighted by Gasteiger charge is -2.27. The molecule has 0 atom stereocenters. The van der Waals surface area contributed by atoms with Gasteiger partial charge in [-0.3, -0.25) is 9.99 Å². The van der Waals surface area contributed by atoms with E-state index in [4.69, 9.17) is 9.84 Å². The van der Waals surface area contributed by atoms with Crippen LogP contribution in [-0.2, 0) is 6.54 Å². The second-order valence-electron chi connectivity index (χ2n) is 6.93. The van der Waals surface area contributed by atoms with Crippen molar-refractivity contribution in [1.29, 1.82) is 0 Å². The average Bonchev–Trinajstić information content (AvgIpc) is 2.81. The van der Waals surface area contributed by atoms with Crippen molar-refractivity contribution in [2.75, 3.05) is 5.01 Å². The summed E-state index contributed by atoms with van der Waals surface area (Å²) in [5, 5.41) is 7.02. The first-order valence-corrected chi connectivity index (χ1v) is 10.4. The minimum Gasteiger partial charge on any atom is -0.456 e. The first-order valence-electron chi connectivity index (χ1n) is 9.65. The molecular weight excluding hydrogens is 438 g/mol. The highest BCUT2D eigenvalue weighted by Gasteiger charge is 2.21. The number of anilines is 1. The molecule has 0 saturated heterocycles. The van der Waals surface area contributed by atoms with Gasteiger partial charge >= 0.3 is 0 Å². The van der Waals surface area contributed by atoms with Gasteiger partial charge in [0.25, 0.3) is 0 Å².